The molecule has 18 heavy (non-hydrogen) atoms. The number of benzene rings is 2. The van der Waals surface area contributed by atoms with Gasteiger partial charge in [-0.15, -0.1) is 0 Å². The lowest BCUT2D eigenvalue weighted by Crippen LogP contribution is -2.08. The van der Waals surface area contributed by atoms with E-state index in [1.807, 2.05) is 36.4 Å². The molecule has 2 aromatic rings. The van der Waals surface area contributed by atoms with Crippen molar-refractivity contribution < 1.29 is 14.7 Å². The highest BCUT2D eigenvalue weighted by molar-refractivity contribution is 6.07. The van der Waals surface area contributed by atoms with Crippen molar-refractivity contribution in [3.63, 3.8) is 0 Å². The largest absolute Gasteiger partial charge is 0.478 e. The van der Waals surface area contributed by atoms with Crippen molar-refractivity contribution in [3.8, 4) is 0 Å². The van der Waals surface area contributed by atoms with E-state index >= 15 is 0 Å². The molecule has 0 aliphatic rings. The maximum atomic E-state index is 11.5. The van der Waals surface area contributed by atoms with Gasteiger partial charge in [0.15, 0.2) is 0 Å². The molecule has 1 amide bonds. The van der Waals surface area contributed by atoms with Crippen molar-refractivity contribution in [2.45, 2.75) is 0 Å². The van der Waals surface area contributed by atoms with E-state index in [2.05, 4.69) is 5.32 Å². The summed E-state index contributed by atoms with van der Waals surface area (Å²) in [6.07, 6.45) is 1.80. The van der Waals surface area contributed by atoms with Crippen LogP contribution in [0.3, 0.4) is 0 Å². The molecule has 0 aliphatic carbocycles. The van der Waals surface area contributed by atoms with Crippen LogP contribution in [0.2, 0.25) is 0 Å². The molecule has 2 aromatic carbocycles. The average molecular weight is 241 g/mol. The van der Waals surface area contributed by atoms with Crippen molar-refractivity contribution >= 4 is 28.3 Å². The van der Waals surface area contributed by atoms with Crippen LogP contribution in [0.4, 0.5) is 5.69 Å². The van der Waals surface area contributed by atoms with Crippen LogP contribution in [-0.2, 0) is 9.59 Å². The maximum absolute atomic E-state index is 11.5. The number of hydrogen-bond donors (Lipinski definition) is 2. The summed E-state index contributed by atoms with van der Waals surface area (Å²) in [4.78, 5) is 21.8. The number of fused-ring (bicyclic) bond motifs is 1. The molecule has 0 heterocycles. The molecule has 2 rings (SSSR count). The smallest absolute Gasteiger partial charge is 0.328 e. The molecule has 0 fully saturated rings. The predicted molar refractivity (Wildman–Crippen MR) is 69.4 cm³/mol. The third-order valence-electron chi connectivity index (χ3n) is 2.42. The van der Waals surface area contributed by atoms with E-state index in [-0.39, 0.29) is 0 Å². The number of aliphatic carboxylic acids is 1. The summed E-state index contributed by atoms with van der Waals surface area (Å²) in [5.41, 5.74) is 0.660. The van der Waals surface area contributed by atoms with Gasteiger partial charge < -0.3 is 10.4 Å². The third-order valence-corrected chi connectivity index (χ3v) is 2.42. The first-order valence-electron chi connectivity index (χ1n) is 5.36. The Morgan fingerprint density at radius 3 is 2.50 bits per heavy atom. The van der Waals surface area contributed by atoms with Gasteiger partial charge in [-0.1, -0.05) is 36.4 Å². The minimum atomic E-state index is -1.15. The number of carboxylic acid groups (broad SMARTS) is 1. The van der Waals surface area contributed by atoms with E-state index in [1.165, 1.54) is 0 Å². The number of anilines is 1. The van der Waals surface area contributed by atoms with Crippen molar-refractivity contribution in [2.75, 3.05) is 5.32 Å². The molecule has 0 saturated carbocycles. The molecule has 0 saturated heterocycles. The van der Waals surface area contributed by atoms with Crippen LogP contribution in [0.15, 0.2) is 54.6 Å². The first-order chi connectivity index (χ1) is 8.66. The van der Waals surface area contributed by atoms with Gasteiger partial charge in [0.1, 0.15) is 0 Å². The molecule has 0 unspecified atom stereocenters. The Balaban J connectivity index is 2.27. The van der Waals surface area contributed by atoms with Gasteiger partial charge in [-0.3, -0.25) is 4.79 Å². The number of carboxylic acids is 1. The fourth-order valence-electron chi connectivity index (χ4n) is 1.66. The molecular weight excluding hydrogens is 230 g/mol. The number of hydrogen-bond acceptors (Lipinski definition) is 2. The Bertz CT molecular complexity index is 626. The van der Waals surface area contributed by atoms with Crippen LogP contribution in [0.25, 0.3) is 10.8 Å². The first-order valence-corrected chi connectivity index (χ1v) is 5.36. The van der Waals surface area contributed by atoms with E-state index in [0.29, 0.717) is 5.69 Å². The molecule has 0 bridgehead atoms. The van der Waals surface area contributed by atoms with Gasteiger partial charge in [0.2, 0.25) is 5.91 Å². The topological polar surface area (TPSA) is 66.4 Å². The molecule has 2 N–H and O–H groups in total. The minimum absolute atomic E-state index is 0.464. The number of amides is 1. The lowest BCUT2D eigenvalue weighted by Gasteiger charge is -2.06. The molecule has 0 aliphatic heterocycles. The molecule has 4 nitrogen and oxygen atoms in total. The molecule has 90 valence electrons. The molecule has 4 heteroatoms. The first kappa shape index (κ1) is 11.9. The maximum Gasteiger partial charge on any atom is 0.328 e. The zero-order valence-electron chi connectivity index (χ0n) is 9.46. The van der Waals surface area contributed by atoms with Crippen molar-refractivity contribution in [1.29, 1.82) is 0 Å². The molecule has 0 radical (unpaired) electrons. The van der Waals surface area contributed by atoms with Crippen LogP contribution in [0.1, 0.15) is 0 Å². The van der Waals surface area contributed by atoms with Crippen LogP contribution in [-0.4, -0.2) is 17.0 Å². The second-order valence-electron chi connectivity index (χ2n) is 3.69. The zero-order valence-corrected chi connectivity index (χ0v) is 9.46. The Hall–Kier alpha value is -2.62. The summed E-state index contributed by atoms with van der Waals surface area (Å²) in [5.74, 6) is -1.61. The van der Waals surface area contributed by atoms with E-state index in [9.17, 15) is 9.59 Å². The summed E-state index contributed by atoms with van der Waals surface area (Å²) in [5, 5.41) is 13.0. The molecule has 0 aromatic heterocycles. The number of carbonyl (C=O) groups is 2. The van der Waals surface area contributed by atoms with Crippen LogP contribution < -0.4 is 5.32 Å². The predicted octanol–water partition coefficient (Wildman–Crippen LogP) is 2.42. The van der Waals surface area contributed by atoms with Crippen LogP contribution >= 0.6 is 0 Å². The van der Waals surface area contributed by atoms with Gasteiger partial charge in [0.05, 0.1) is 0 Å². The minimum Gasteiger partial charge on any atom is -0.478 e. The van der Waals surface area contributed by atoms with Gasteiger partial charge in [0, 0.05) is 23.2 Å². The van der Waals surface area contributed by atoms with Gasteiger partial charge >= 0.3 is 5.97 Å². The normalized spacial score (nSPS) is 10.7. The highest BCUT2D eigenvalue weighted by atomic mass is 16.4. The number of nitrogens with one attached hydrogen (secondary N) is 1. The van der Waals surface area contributed by atoms with E-state index in [1.54, 1.807) is 6.07 Å². The van der Waals surface area contributed by atoms with Crippen molar-refractivity contribution in [1.82, 2.24) is 0 Å². The van der Waals surface area contributed by atoms with Crippen molar-refractivity contribution in [3.05, 3.63) is 54.6 Å². The number of carbonyl (C=O) groups excluding carboxylic acids is 1. The average Bonchev–Trinajstić information content (AvgIpc) is 2.37. The highest BCUT2D eigenvalue weighted by Crippen LogP contribution is 2.22. The van der Waals surface area contributed by atoms with E-state index in [4.69, 9.17) is 5.11 Å². The summed E-state index contributed by atoms with van der Waals surface area (Å²) < 4.78 is 0. The lowest BCUT2D eigenvalue weighted by molar-refractivity contribution is -0.131. The summed E-state index contributed by atoms with van der Waals surface area (Å²) in [7, 11) is 0. The Morgan fingerprint density at radius 2 is 1.72 bits per heavy atom. The second kappa shape index (κ2) is 5.14. The zero-order chi connectivity index (χ0) is 13.0. The molecule has 0 atom stereocenters. The van der Waals surface area contributed by atoms with E-state index < -0.39 is 11.9 Å². The lowest BCUT2D eigenvalue weighted by atomic mass is 10.1. The second-order valence-corrected chi connectivity index (χ2v) is 3.69. The Morgan fingerprint density at radius 1 is 1.00 bits per heavy atom. The monoisotopic (exact) mass is 241 g/mol. The summed E-state index contributed by atoms with van der Waals surface area (Å²) in [6, 6.07) is 13.2. The van der Waals surface area contributed by atoms with Crippen LogP contribution in [0.5, 0.6) is 0 Å². The van der Waals surface area contributed by atoms with Crippen molar-refractivity contribution in [2.24, 2.45) is 0 Å². The molecular formula is C14H11NO3. The molecule has 0 spiro atoms. The van der Waals surface area contributed by atoms with Gasteiger partial charge in [0.25, 0.3) is 0 Å². The van der Waals surface area contributed by atoms with Gasteiger partial charge in [-0.05, 0) is 11.5 Å². The van der Waals surface area contributed by atoms with Gasteiger partial charge in [-0.2, -0.15) is 0 Å². The third kappa shape index (κ3) is 2.74. The Kier molecular flexibility index (Phi) is 3.38. The fraction of sp³-hybridized carbons (Fsp3) is 0. The summed E-state index contributed by atoms with van der Waals surface area (Å²) in [6.45, 7) is 0. The SMILES string of the molecule is O=C(O)/C=C\C(=O)Nc1cccc2ccccc12. The standard InChI is InChI=1S/C14H11NO3/c16-13(8-9-14(17)18)15-12-7-3-5-10-4-1-2-6-11(10)12/h1-9H,(H,15,16)(H,17,18)/b9-8-. The van der Waals surface area contributed by atoms with Gasteiger partial charge in [-0.25, -0.2) is 4.79 Å². The highest BCUT2D eigenvalue weighted by Gasteiger charge is 2.02. The van der Waals surface area contributed by atoms with E-state index in [0.717, 1.165) is 22.9 Å². The van der Waals surface area contributed by atoms with Crippen LogP contribution in [0, 0.1) is 0 Å². The number of rotatable bonds is 3. The fourth-order valence-corrected chi connectivity index (χ4v) is 1.66. The Labute approximate surface area is 104 Å². The summed E-state index contributed by atoms with van der Waals surface area (Å²) >= 11 is 0. The quantitative estimate of drug-likeness (QED) is 0.811.